The maximum atomic E-state index is 6.45. The number of nitrogens with zero attached hydrogens (tertiary/aromatic N) is 2. The molecule has 0 fully saturated rings. The molecule has 3 heterocycles. The number of H-pyrrole nitrogens is 1. The molecule has 1 unspecified atom stereocenters. The topological polar surface area (TPSA) is 90.0 Å². The van der Waals surface area contributed by atoms with Crippen LogP contribution in [0.1, 0.15) is 18.2 Å². The second kappa shape index (κ2) is 8.92. The Morgan fingerprint density at radius 1 is 1.06 bits per heavy atom. The highest BCUT2D eigenvalue weighted by Crippen LogP contribution is 2.35. The average Bonchev–Trinajstić information content (AvgIpc) is 3.50. The second-order valence-corrected chi connectivity index (χ2v) is 8.34. The van der Waals surface area contributed by atoms with Crippen LogP contribution in [0.25, 0.3) is 33.3 Å². The first-order chi connectivity index (χ1) is 16.1. The molecule has 0 aliphatic heterocycles. The molecule has 0 bridgehead atoms. The zero-order valence-corrected chi connectivity index (χ0v) is 18.7. The Morgan fingerprint density at radius 2 is 1.91 bits per heavy atom. The number of aromatic amines is 1. The van der Waals surface area contributed by atoms with Gasteiger partial charge in [-0.25, -0.2) is 0 Å². The number of aromatic nitrogens is 3. The third-order valence-corrected chi connectivity index (χ3v) is 5.95. The van der Waals surface area contributed by atoms with Crippen molar-refractivity contribution in [2.45, 2.75) is 32.4 Å². The van der Waals surface area contributed by atoms with Gasteiger partial charge in [0, 0.05) is 28.2 Å². The molecule has 2 atom stereocenters. The zero-order chi connectivity index (χ0) is 22.8. The Hall–Kier alpha value is -3.90. The number of hydrogen-bond donors (Lipinski definition) is 2. The van der Waals surface area contributed by atoms with E-state index < -0.39 is 0 Å². The first-order valence-electron chi connectivity index (χ1n) is 11.0. The SMILES string of the molecule is Cc1[nH]nc2ccc(-c3cc(OC(C)[C@@H](N)Cc4ccccc4)cnc3-c3ccoc3)cc12. The molecule has 6 nitrogen and oxygen atoms in total. The van der Waals surface area contributed by atoms with Gasteiger partial charge in [-0.2, -0.15) is 5.10 Å². The van der Waals surface area contributed by atoms with Gasteiger partial charge in [-0.1, -0.05) is 36.4 Å². The summed E-state index contributed by atoms with van der Waals surface area (Å²) in [6.45, 7) is 4.02. The van der Waals surface area contributed by atoms with E-state index in [4.69, 9.17) is 19.9 Å². The third kappa shape index (κ3) is 4.38. The fourth-order valence-corrected chi connectivity index (χ4v) is 4.02. The highest BCUT2D eigenvalue weighted by atomic mass is 16.5. The molecule has 2 aromatic carbocycles. The fourth-order valence-electron chi connectivity index (χ4n) is 4.02. The van der Waals surface area contributed by atoms with E-state index in [0.717, 1.165) is 45.4 Å². The average molecular weight is 439 g/mol. The number of rotatable bonds is 7. The monoisotopic (exact) mass is 438 g/mol. The minimum Gasteiger partial charge on any atom is -0.487 e. The van der Waals surface area contributed by atoms with Crippen LogP contribution in [0.3, 0.4) is 0 Å². The second-order valence-electron chi connectivity index (χ2n) is 8.34. The molecule has 5 aromatic rings. The Labute approximate surface area is 192 Å². The van der Waals surface area contributed by atoms with Crippen LogP contribution in [-0.4, -0.2) is 27.3 Å². The normalized spacial score (nSPS) is 13.2. The number of ether oxygens (including phenoxy) is 1. The van der Waals surface area contributed by atoms with Gasteiger partial charge in [0.1, 0.15) is 11.9 Å². The van der Waals surface area contributed by atoms with Crippen LogP contribution in [0.4, 0.5) is 0 Å². The molecule has 5 rings (SSSR count). The predicted octanol–water partition coefficient (Wildman–Crippen LogP) is 5.53. The van der Waals surface area contributed by atoms with E-state index in [1.807, 2.05) is 50.2 Å². The lowest BCUT2D eigenvalue weighted by atomic mass is 9.99. The molecule has 0 saturated carbocycles. The summed E-state index contributed by atoms with van der Waals surface area (Å²) in [6.07, 6.45) is 5.66. The minimum atomic E-state index is -0.182. The van der Waals surface area contributed by atoms with Crippen molar-refractivity contribution < 1.29 is 9.15 Å². The van der Waals surface area contributed by atoms with Crippen molar-refractivity contribution in [2.75, 3.05) is 0 Å². The molecule has 0 saturated heterocycles. The van der Waals surface area contributed by atoms with Crippen molar-refractivity contribution in [1.82, 2.24) is 15.2 Å². The molecule has 33 heavy (non-hydrogen) atoms. The van der Waals surface area contributed by atoms with Gasteiger partial charge in [-0.15, -0.1) is 0 Å². The van der Waals surface area contributed by atoms with Crippen molar-refractivity contribution in [3.8, 4) is 28.1 Å². The molecule has 3 aromatic heterocycles. The Balaban J connectivity index is 1.47. The summed E-state index contributed by atoms with van der Waals surface area (Å²) in [5, 5.41) is 8.47. The molecule has 6 heteroatoms. The van der Waals surface area contributed by atoms with Gasteiger partial charge < -0.3 is 14.9 Å². The van der Waals surface area contributed by atoms with Gasteiger partial charge in [0.15, 0.2) is 0 Å². The maximum Gasteiger partial charge on any atom is 0.138 e. The number of furan rings is 1. The van der Waals surface area contributed by atoms with E-state index in [2.05, 4.69) is 34.5 Å². The lowest BCUT2D eigenvalue weighted by Crippen LogP contribution is -2.38. The van der Waals surface area contributed by atoms with Gasteiger partial charge in [-0.05, 0) is 55.7 Å². The van der Waals surface area contributed by atoms with Crippen molar-refractivity contribution in [3.05, 3.63) is 90.6 Å². The van der Waals surface area contributed by atoms with E-state index in [0.29, 0.717) is 5.75 Å². The van der Waals surface area contributed by atoms with Gasteiger partial charge in [0.25, 0.3) is 0 Å². The summed E-state index contributed by atoms with van der Waals surface area (Å²) >= 11 is 0. The summed E-state index contributed by atoms with van der Waals surface area (Å²) in [5.74, 6) is 0.678. The quantitative estimate of drug-likeness (QED) is 0.349. The molecule has 0 spiro atoms. The summed E-state index contributed by atoms with van der Waals surface area (Å²) < 4.78 is 11.6. The number of fused-ring (bicyclic) bond motifs is 1. The first-order valence-corrected chi connectivity index (χ1v) is 11.0. The lowest BCUT2D eigenvalue weighted by Gasteiger charge is -2.22. The summed E-state index contributed by atoms with van der Waals surface area (Å²) in [6, 6.07) is 20.2. The van der Waals surface area contributed by atoms with E-state index in [1.165, 1.54) is 5.56 Å². The Morgan fingerprint density at radius 3 is 2.70 bits per heavy atom. The zero-order valence-electron chi connectivity index (χ0n) is 18.7. The third-order valence-electron chi connectivity index (χ3n) is 5.95. The van der Waals surface area contributed by atoms with Crippen LogP contribution in [-0.2, 0) is 6.42 Å². The van der Waals surface area contributed by atoms with E-state index in [9.17, 15) is 0 Å². The van der Waals surface area contributed by atoms with E-state index in [-0.39, 0.29) is 12.1 Å². The maximum absolute atomic E-state index is 6.45. The van der Waals surface area contributed by atoms with Crippen LogP contribution in [0.15, 0.2) is 83.8 Å². The van der Waals surface area contributed by atoms with E-state index >= 15 is 0 Å². The highest BCUT2D eigenvalue weighted by molar-refractivity contribution is 5.90. The van der Waals surface area contributed by atoms with Gasteiger partial charge in [0.2, 0.25) is 0 Å². The largest absolute Gasteiger partial charge is 0.487 e. The van der Waals surface area contributed by atoms with Crippen LogP contribution >= 0.6 is 0 Å². The molecule has 3 N–H and O–H groups in total. The van der Waals surface area contributed by atoms with Crippen LogP contribution < -0.4 is 10.5 Å². The molecule has 0 aliphatic rings. The van der Waals surface area contributed by atoms with Crippen molar-refractivity contribution in [3.63, 3.8) is 0 Å². The van der Waals surface area contributed by atoms with E-state index in [1.54, 1.807) is 18.7 Å². The first kappa shape index (κ1) is 21.0. The number of benzene rings is 2. The number of pyridine rings is 1. The van der Waals surface area contributed by atoms with Crippen LogP contribution in [0, 0.1) is 6.92 Å². The number of nitrogens with two attached hydrogens (primary N) is 1. The molecule has 0 amide bonds. The van der Waals surface area contributed by atoms with Crippen LogP contribution in [0.2, 0.25) is 0 Å². The van der Waals surface area contributed by atoms with Crippen LogP contribution in [0.5, 0.6) is 5.75 Å². The number of hydrogen-bond acceptors (Lipinski definition) is 5. The summed E-state index contributed by atoms with van der Waals surface area (Å²) in [4.78, 5) is 4.73. The molecular weight excluding hydrogens is 412 g/mol. The van der Waals surface area contributed by atoms with Gasteiger partial charge in [-0.3, -0.25) is 10.1 Å². The Bertz CT molecular complexity index is 1360. The standard InChI is InChI=1S/C27H26N4O2/c1-17-23-13-20(8-9-26(23)31-30-17)24-14-22(15-29-27(24)21-10-11-32-16-21)33-18(2)25(28)12-19-6-4-3-5-7-19/h3-11,13-16,18,25H,12,28H2,1-2H3,(H,30,31)/t18?,25-/m0/s1. The minimum absolute atomic E-state index is 0.144. The highest BCUT2D eigenvalue weighted by Gasteiger charge is 2.18. The molecule has 0 aliphatic carbocycles. The van der Waals surface area contributed by atoms with Gasteiger partial charge >= 0.3 is 0 Å². The van der Waals surface area contributed by atoms with Crippen molar-refractivity contribution in [2.24, 2.45) is 5.73 Å². The lowest BCUT2D eigenvalue weighted by molar-refractivity contribution is 0.188. The Kier molecular flexibility index (Phi) is 5.67. The summed E-state index contributed by atoms with van der Waals surface area (Å²) in [7, 11) is 0. The molecular formula is C27H26N4O2. The molecule has 0 radical (unpaired) electrons. The van der Waals surface area contributed by atoms with Gasteiger partial charge in [0.05, 0.1) is 29.9 Å². The predicted molar refractivity (Wildman–Crippen MR) is 130 cm³/mol. The van der Waals surface area contributed by atoms with Crippen molar-refractivity contribution >= 4 is 10.9 Å². The van der Waals surface area contributed by atoms with Crippen molar-refractivity contribution in [1.29, 1.82) is 0 Å². The fraction of sp³-hybridized carbons (Fsp3) is 0.185. The number of aryl methyl sites for hydroxylation is 1. The summed E-state index contributed by atoms with van der Waals surface area (Å²) in [5.41, 5.74) is 13.3. The smallest absolute Gasteiger partial charge is 0.138 e. The number of nitrogens with one attached hydrogen (secondary N) is 1. The molecule has 166 valence electrons.